The van der Waals surface area contributed by atoms with Crippen molar-refractivity contribution in [1.82, 2.24) is 4.90 Å². The molecule has 0 bridgehead atoms. The van der Waals surface area contributed by atoms with E-state index in [1.54, 1.807) is 18.2 Å². The number of piperazine rings is 1. The maximum Gasteiger partial charge on any atom is 0.163 e. The molecule has 0 spiro atoms. The van der Waals surface area contributed by atoms with E-state index in [2.05, 4.69) is 22.2 Å². The van der Waals surface area contributed by atoms with Gasteiger partial charge in [0.25, 0.3) is 0 Å². The topological polar surface area (TPSA) is 89.9 Å². The summed E-state index contributed by atoms with van der Waals surface area (Å²) in [6.07, 6.45) is 0. The second kappa shape index (κ2) is 7.51. The van der Waals surface area contributed by atoms with Crippen LogP contribution in [0, 0.1) is 34.0 Å². The van der Waals surface area contributed by atoms with Crippen LogP contribution in [0.3, 0.4) is 0 Å². The van der Waals surface area contributed by atoms with Gasteiger partial charge in [0.1, 0.15) is 23.9 Å². The minimum Gasteiger partial charge on any atom is -0.369 e. The van der Waals surface area contributed by atoms with Gasteiger partial charge in [-0.15, -0.1) is 0 Å². The van der Waals surface area contributed by atoms with E-state index < -0.39 is 0 Å². The largest absolute Gasteiger partial charge is 0.369 e. The lowest BCUT2D eigenvalue weighted by molar-refractivity contribution is 0.313. The van der Waals surface area contributed by atoms with Crippen LogP contribution in [-0.2, 0) is 0 Å². The summed E-state index contributed by atoms with van der Waals surface area (Å²) in [5, 5.41) is 29.9. The molecule has 1 fully saturated rings. The van der Waals surface area contributed by atoms with Crippen molar-refractivity contribution in [2.45, 2.75) is 0 Å². The number of nitrogens with one attached hydrogen (secondary N) is 1. The molecule has 0 aromatic heterocycles. The zero-order valence-corrected chi connectivity index (χ0v) is 13.4. The predicted octanol–water partition coefficient (Wildman–Crippen LogP) is 2.33. The molecular formula is C16H15ClN6. The van der Waals surface area contributed by atoms with Gasteiger partial charge in [-0.3, -0.25) is 0 Å². The molecular weight excluding hydrogens is 312 g/mol. The number of halogens is 1. The van der Waals surface area contributed by atoms with Gasteiger partial charge in [-0.2, -0.15) is 15.8 Å². The van der Waals surface area contributed by atoms with Crippen LogP contribution >= 0.6 is 11.6 Å². The summed E-state index contributed by atoms with van der Waals surface area (Å²) in [4.78, 5) is 4.51. The van der Waals surface area contributed by atoms with E-state index in [0.717, 1.165) is 31.9 Å². The smallest absolute Gasteiger partial charge is 0.163 e. The molecule has 2 rings (SSSR count). The van der Waals surface area contributed by atoms with Crippen LogP contribution < -0.4 is 10.2 Å². The van der Waals surface area contributed by atoms with Crippen LogP contribution in [0.2, 0.25) is 5.02 Å². The predicted molar refractivity (Wildman–Crippen MR) is 88.6 cm³/mol. The number of anilines is 2. The van der Waals surface area contributed by atoms with Crippen molar-refractivity contribution in [2.75, 3.05) is 43.4 Å². The van der Waals surface area contributed by atoms with Gasteiger partial charge in [0.2, 0.25) is 0 Å². The Kier molecular flexibility index (Phi) is 5.44. The maximum absolute atomic E-state index is 9.07. The van der Waals surface area contributed by atoms with Crippen molar-refractivity contribution < 1.29 is 0 Å². The normalized spacial score (nSPS) is 14.3. The Hall–Kier alpha value is -2.72. The molecule has 0 unspecified atom stereocenters. The van der Waals surface area contributed by atoms with Crippen LogP contribution in [0.1, 0.15) is 0 Å². The number of allylic oxidation sites excluding steroid dienone is 2. The number of hydrogen-bond acceptors (Lipinski definition) is 6. The van der Waals surface area contributed by atoms with Crippen LogP contribution in [0.4, 0.5) is 11.4 Å². The standard InChI is InChI=1S/C16H15ClN6/c1-22-4-6-23(7-5-22)13-2-3-15(14(17)8-13)21-16(11-20)12(9-18)10-19/h2-3,8,21H,4-7H2,1H3. The number of nitriles is 3. The van der Waals surface area contributed by atoms with Crippen LogP contribution in [0.5, 0.6) is 0 Å². The van der Waals surface area contributed by atoms with Crippen molar-refractivity contribution in [3.8, 4) is 18.2 Å². The highest BCUT2D eigenvalue weighted by Gasteiger charge is 2.16. The fraction of sp³-hybridized carbons (Fsp3) is 0.312. The van der Waals surface area contributed by atoms with E-state index >= 15 is 0 Å². The molecule has 1 heterocycles. The van der Waals surface area contributed by atoms with Crippen LogP contribution in [0.15, 0.2) is 29.5 Å². The quantitative estimate of drug-likeness (QED) is 0.857. The molecule has 0 amide bonds. The third-order valence-electron chi connectivity index (χ3n) is 3.67. The van der Waals surface area contributed by atoms with Crippen molar-refractivity contribution >= 4 is 23.0 Å². The zero-order chi connectivity index (χ0) is 16.8. The van der Waals surface area contributed by atoms with Gasteiger partial charge >= 0.3 is 0 Å². The van der Waals surface area contributed by atoms with Crippen molar-refractivity contribution in [3.05, 3.63) is 34.5 Å². The second-order valence-corrected chi connectivity index (χ2v) is 5.57. The zero-order valence-electron chi connectivity index (χ0n) is 12.7. The SMILES string of the molecule is CN1CCN(c2ccc(NC(C#N)=C(C#N)C#N)c(Cl)c2)CC1. The summed E-state index contributed by atoms with van der Waals surface area (Å²) in [6.45, 7) is 3.84. The molecule has 23 heavy (non-hydrogen) atoms. The lowest BCUT2D eigenvalue weighted by Gasteiger charge is -2.34. The first-order valence-electron chi connectivity index (χ1n) is 7.03. The van der Waals surface area contributed by atoms with E-state index in [4.69, 9.17) is 27.4 Å². The Morgan fingerprint density at radius 2 is 1.74 bits per heavy atom. The van der Waals surface area contributed by atoms with E-state index in [0.29, 0.717) is 10.7 Å². The van der Waals surface area contributed by atoms with Gasteiger partial charge in [-0.1, -0.05) is 11.6 Å². The molecule has 0 radical (unpaired) electrons. The van der Waals surface area contributed by atoms with Gasteiger partial charge in [0, 0.05) is 31.9 Å². The molecule has 1 aliphatic heterocycles. The minimum atomic E-state index is -0.272. The summed E-state index contributed by atoms with van der Waals surface area (Å²) in [6, 6.07) is 10.7. The summed E-state index contributed by atoms with van der Waals surface area (Å²) in [5.74, 6) is 0. The molecule has 1 N–H and O–H groups in total. The van der Waals surface area contributed by atoms with E-state index in [9.17, 15) is 0 Å². The van der Waals surface area contributed by atoms with Gasteiger partial charge in [-0.25, -0.2) is 0 Å². The summed E-state index contributed by atoms with van der Waals surface area (Å²) in [5.41, 5.74) is 1.12. The Morgan fingerprint density at radius 3 is 2.26 bits per heavy atom. The van der Waals surface area contributed by atoms with Gasteiger partial charge in [0.05, 0.1) is 10.7 Å². The summed E-state index contributed by atoms with van der Waals surface area (Å²) >= 11 is 6.27. The second-order valence-electron chi connectivity index (χ2n) is 5.16. The molecule has 116 valence electrons. The van der Waals surface area contributed by atoms with Crippen molar-refractivity contribution in [2.24, 2.45) is 0 Å². The van der Waals surface area contributed by atoms with Crippen molar-refractivity contribution in [1.29, 1.82) is 15.8 Å². The molecule has 1 aliphatic rings. The lowest BCUT2D eigenvalue weighted by atomic mass is 10.2. The average Bonchev–Trinajstić information content (AvgIpc) is 2.57. The molecule has 7 heteroatoms. The van der Waals surface area contributed by atoms with Gasteiger partial charge in [-0.05, 0) is 25.2 Å². The van der Waals surface area contributed by atoms with Gasteiger partial charge in [0.15, 0.2) is 5.57 Å². The summed E-state index contributed by atoms with van der Waals surface area (Å²) < 4.78 is 0. The molecule has 6 nitrogen and oxygen atoms in total. The third kappa shape index (κ3) is 3.93. The highest BCUT2D eigenvalue weighted by molar-refractivity contribution is 6.33. The first kappa shape index (κ1) is 16.6. The number of likely N-dealkylation sites (N-methyl/N-ethyl adjacent to an activating group) is 1. The highest BCUT2D eigenvalue weighted by atomic mass is 35.5. The molecule has 0 saturated carbocycles. The highest BCUT2D eigenvalue weighted by Crippen LogP contribution is 2.29. The van der Waals surface area contributed by atoms with E-state index in [1.807, 2.05) is 18.2 Å². The third-order valence-corrected chi connectivity index (χ3v) is 3.98. The van der Waals surface area contributed by atoms with E-state index in [-0.39, 0.29) is 11.3 Å². The molecule has 0 aliphatic carbocycles. The Bertz CT molecular complexity index is 725. The molecule has 1 aromatic carbocycles. The monoisotopic (exact) mass is 326 g/mol. The number of hydrogen-bond donors (Lipinski definition) is 1. The maximum atomic E-state index is 9.07. The minimum absolute atomic E-state index is 0.107. The fourth-order valence-corrected chi connectivity index (χ4v) is 2.51. The summed E-state index contributed by atoms with van der Waals surface area (Å²) in [7, 11) is 2.09. The first-order valence-corrected chi connectivity index (χ1v) is 7.41. The molecule has 1 saturated heterocycles. The van der Waals surface area contributed by atoms with E-state index in [1.165, 1.54) is 0 Å². The number of benzene rings is 1. The number of nitrogens with zero attached hydrogens (tertiary/aromatic N) is 5. The molecule has 0 atom stereocenters. The van der Waals surface area contributed by atoms with Gasteiger partial charge < -0.3 is 15.1 Å². The molecule has 1 aromatic rings. The van der Waals surface area contributed by atoms with Crippen LogP contribution in [0.25, 0.3) is 0 Å². The van der Waals surface area contributed by atoms with Crippen LogP contribution in [-0.4, -0.2) is 38.1 Å². The Morgan fingerprint density at radius 1 is 1.09 bits per heavy atom. The Labute approximate surface area is 140 Å². The van der Waals surface area contributed by atoms with Crippen molar-refractivity contribution in [3.63, 3.8) is 0 Å². The number of rotatable bonds is 3. The fourth-order valence-electron chi connectivity index (χ4n) is 2.28. The lowest BCUT2D eigenvalue weighted by Crippen LogP contribution is -2.44. The first-order chi connectivity index (χ1) is 11.1. The average molecular weight is 327 g/mol. The Balaban J connectivity index is 2.21.